The van der Waals surface area contributed by atoms with Gasteiger partial charge in [-0.05, 0) is 19.1 Å². The Morgan fingerprint density at radius 3 is 2.44 bits per heavy atom. The molecule has 1 aliphatic heterocycles. The minimum atomic E-state index is -1.14. The van der Waals surface area contributed by atoms with Gasteiger partial charge in [-0.25, -0.2) is 4.79 Å². The summed E-state index contributed by atoms with van der Waals surface area (Å²) in [7, 11) is 0. The molecule has 1 atom stereocenters. The number of rotatable bonds is 1. The Balaban J connectivity index is 2.51. The minimum Gasteiger partial charge on any atom is -0.320 e. The molecule has 1 aromatic rings. The van der Waals surface area contributed by atoms with E-state index in [-0.39, 0.29) is 0 Å². The summed E-state index contributed by atoms with van der Waals surface area (Å²) in [6, 6.07) is 4.24. The van der Waals surface area contributed by atoms with Crippen LogP contribution in [0.2, 0.25) is 10.0 Å². The van der Waals surface area contributed by atoms with E-state index >= 15 is 0 Å². The second-order valence-electron chi connectivity index (χ2n) is 3.66. The van der Waals surface area contributed by atoms with E-state index in [1.165, 1.54) is 6.07 Å². The molecule has 6 heteroatoms. The zero-order valence-electron chi connectivity index (χ0n) is 8.30. The summed E-state index contributed by atoms with van der Waals surface area (Å²) in [5.41, 5.74) is -0.624. The number of hydrogen-bond acceptors (Lipinski definition) is 2. The third-order valence-electron chi connectivity index (χ3n) is 2.51. The molecule has 0 saturated carbocycles. The van der Waals surface area contributed by atoms with Crippen LogP contribution in [0.3, 0.4) is 0 Å². The third kappa shape index (κ3) is 1.64. The number of nitrogens with one attached hydrogen (secondary N) is 2. The first-order chi connectivity index (χ1) is 7.43. The van der Waals surface area contributed by atoms with Crippen molar-refractivity contribution < 1.29 is 9.59 Å². The van der Waals surface area contributed by atoms with Crippen LogP contribution in [0.25, 0.3) is 0 Å². The molecule has 1 aliphatic rings. The lowest BCUT2D eigenvalue weighted by atomic mass is 9.92. The first kappa shape index (κ1) is 11.2. The maximum Gasteiger partial charge on any atom is 0.322 e. The molecule has 16 heavy (non-hydrogen) atoms. The second kappa shape index (κ2) is 3.64. The van der Waals surface area contributed by atoms with Crippen molar-refractivity contribution in [1.29, 1.82) is 0 Å². The number of halogens is 2. The Kier molecular flexibility index (Phi) is 2.56. The van der Waals surface area contributed by atoms with Gasteiger partial charge in [0, 0.05) is 15.6 Å². The van der Waals surface area contributed by atoms with Gasteiger partial charge in [0.05, 0.1) is 0 Å². The number of carbonyl (C=O) groups is 2. The average molecular weight is 259 g/mol. The van der Waals surface area contributed by atoms with Crippen LogP contribution in [0.5, 0.6) is 0 Å². The van der Waals surface area contributed by atoms with Crippen molar-refractivity contribution in [1.82, 2.24) is 10.6 Å². The lowest BCUT2D eigenvalue weighted by Gasteiger charge is -2.22. The Morgan fingerprint density at radius 2 is 1.94 bits per heavy atom. The van der Waals surface area contributed by atoms with E-state index in [4.69, 9.17) is 23.2 Å². The molecule has 2 N–H and O–H groups in total. The molecular formula is C10H8Cl2N2O2. The first-order valence-electron chi connectivity index (χ1n) is 4.52. The summed E-state index contributed by atoms with van der Waals surface area (Å²) in [6.07, 6.45) is 0. The molecule has 1 fully saturated rings. The van der Waals surface area contributed by atoms with Gasteiger partial charge in [0.1, 0.15) is 5.54 Å². The van der Waals surface area contributed by atoms with Crippen molar-refractivity contribution >= 4 is 35.1 Å². The molecule has 1 unspecified atom stereocenters. The quantitative estimate of drug-likeness (QED) is 0.758. The highest BCUT2D eigenvalue weighted by Crippen LogP contribution is 2.32. The Morgan fingerprint density at radius 1 is 1.25 bits per heavy atom. The molecule has 1 heterocycles. The number of amides is 3. The van der Waals surface area contributed by atoms with Gasteiger partial charge in [-0.2, -0.15) is 0 Å². The van der Waals surface area contributed by atoms with Crippen LogP contribution in [-0.4, -0.2) is 11.9 Å². The van der Waals surface area contributed by atoms with E-state index in [1.807, 2.05) is 0 Å². The fraction of sp³-hybridized carbons (Fsp3) is 0.200. The number of imide groups is 1. The lowest BCUT2D eigenvalue weighted by molar-refractivity contribution is -0.123. The molecule has 0 aromatic heterocycles. The van der Waals surface area contributed by atoms with Gasteiger partial charge in [-0.15, -0.1) is 0 Å². The molecule has 0 radical (unpaired) electrons. The fourth-order valence-electron chi connectivity index (χ4n) is 1.63. The summed E-state index contributed by atoms with van der Waals surface area (Å²) in [5.74, 6) is -0.429. The van der Waals surface area contributed by atoms with Crippen LogP contribution < -0.4 is 10.6 Å². The molecule has 0 bridgehead atoms. The highest BCUT2D eigenvalue weighted by Gasteiger charge is 2.44. The molecule has 4 nitrogen and oxygen atoms in total. The molecule has 2 rings (SSSR count). The highest BCUT2D eigenvalue weighted by atomic mass is 35.5. The standard InChI is InChI=1S/C10H8Cl2N2O2/c1-10(8(15)13-9(16)14-10)6-3-2-5(11)4-7(6)12/h2-4H,1H3,(H2,13,14,15,16). The van der Waals surface area contributed by atoms with Crippen LogP contribution in [0.4, 0.5) is 4.79 Å². The number of urea groups is 1. The zero-order chi connectivity index (χ0) is 11.9. The zero-order valence-corrected chi connectivity index (χ0v) is 9.82. The van der Waals surface area contributed by atoms with Crippen molar-refractivity contribution in [3.05, 3.63) is 33.8 Å². The van der Waals surface area contributed by atoms with Crippen molar-refractivity contribution in [3.8, 4) is 0 Å². The molecule has 84 valence electrons. The lowest BCUT2D eigenvalue weighted by Crippen LogP contribution is -2.40. The Hall–Kier alpha value is -1.26. The average Bonchev–Trinajstić information content (AvgIpc) is 2.40. The van der Waals surface area contributed by atoms with Gasteiger partial charge < -0.3 is 5.32 Å². The van der Waals surface area contributed by atoms with Gasteiger partial charge in [0.2, 0.25) is 0 Å². The fourth-order valence-corrected chi connectivity index (χ4v) is 2.23. The monoisotopic (exact) mass is 258 g/mol. The van der Waals surface area contributed by atoms with Crippen molar-refractivity contribution in [3.63, 3.8) is 0 Å². The second-order valence-corrected chi connectivity index (χ2v) is 4.50. The van der Waals surface area contributed by atoms with Crippen LogP contribution in [0.15, 0.2) is 18.2 Å². The van der Waals surface area contributed by atoms with E-state index in [2.05, 4.69) is 10.6 Å². The van der Waals surface area contributed by atoms with Gasteiger partial charge in [0.25, 0.3) is 5.91 Å². The molecule has 1 saturated heterocycles. The van der Waals surface area contributed by atoms with Crippen molar-refractivity contribution in [2.75, 3.05) is 0 Å². The Labute approximate surface area is 102 Å². The summed E-state index contributed by atoms with van der Waals surface area (Å²) in [4.78, 5) is 22.8. The predicted octanol–water partition coefficient (Wildman–Crippen LogP) is 2.05. The maximum absolute atomic E-state index is 11.7. The van der Waals surface area contributed by atoms with E-state index < -0.39 is 17.5 Å². The molecule has 1 aromatic carbocycles. The maximum atomic E-state index is 11.7. The van der Waals surface area contributed by atoms with Gasteiger partial charge in [-0.3, -0.25) is 10.1 Å². The highest BCUT2D eigenvalue weighted by molar-refractivity contribution is 6.35. The topological polar surface area (TPSA) is 58.2 Å². The first-order valence-corrected chi connectivity index (χ1v) is 5.28. The van der Waals surface area contributed by atoms with Crippen LogP contribution in [0.1, 0.15) is 12.5 Å². The predicted molar refractivity (Wildman–Crippen MR) is 60.5 cm³/mol. The summed E-state index contributed by atoms with van der Waals surface area (Å²) < 4.78 is 0. The van der Waals surface area contributed by atoms with Gasteiger partial charge in [-0.1, -0.05) is 29.3 Å². The summed E-state index contributed by atoms with van der Waals surface area (Å²) in [6.45, 7) is 1.59. The van der Waals surface area contributed by atoms with E-state index in [0.717, 1.165) is 0 Å². The largest absolute Gasteiger partial charge is 0.322 e. The normalized spacial score (nSPS) is 24.2. The molecule has 0 aliphatic carbocycles. The molecular weight excluding hydrogens is 251 g/mol. The van der Waals surface area contributed by atoms with Crippen molar-refractivity contribution in [2.45, 2.75) is 12.5 Å². The third-order valence-corrected chi connectivity index (χ3v) is 3.06. The van der Waals surface area contributed by atoms with Gasteiger partial charge >= 0.3 is 6.03 Å². The SMILES string of the molecule is CC1(c2ccc(Cl)cc2Cl)NC(=O)NC1=O. The smallest absolute Gasteiger partial charge is 0.320 e. The number of benzene rings is 1. The van der Waals surface area contributed by atoms with Crippen LogP contribution in [-0.2, 0) is 10.3 Å². The number of hydrogen-bond donors (Lipinski definition) is 2. The van der Waals surface area contributed by atoms with E-state index in [1.54, 1.807) is 19.1 Å². The van der Waals surface area contributed by atoms with E-state index in [9.17, 15) is 9.59 Å². The minimum absolute atomic E-state index is 0.340. The number of carbonyl (C=O) groups excluding carboxylic acids is 2. The molecule has 0 spiro atoms. The van der Waals surface area contributed by atoms with E-state index in [0.29, 0.717) is 15.6 Å². The van der Waals surface area contributed by atoms with Crippen LogP contribution in [0, 0.1) is 0 Å². The van der Waals surface area contributed by atoms with Crippen LogP contribution >= 0.6 is 23.2 Å². The van der Waals surface area contributed by atoms with Crippen molar-refractivity contribution in [2.24, 2.45) is 0 Å². The summed E-state index contributed by atoms with van der Waals surface area (Å²) in [5, 5.41) is 5.51. The Bertz CT molecular complexity index is 490. The summed E-state index contributed by atoms with van der Waals surface area (Å²) >= 11 is 11.8. The molecule has 3 amide bonds. The van der Waals surface area contributed by atoms with Gasteiger partial charge in [0.15, 0.2) is 0 Å².